The number of nitrogens with one attached hydrogen (secondary N) is 1. The van der Waals surface area contributed by atoms with E-state index in [0.29, 0.717) is 0 Å². The molecule has 0 aliphatic rings. The van der Waals surface area contributed by atoms with Crippen molar-refractivity contribution in [2.24, 2.45) is 0 Å². The van der Waals surface area contributed by atoms with Crippen molar-refractivity contribution in [3.05, 3.63) is 122 Å². The van der Waals surface area contributed by atoms with Crippen LogP contribution in [0, 0.1) is 13.8 Å². The molecule has 9 heteroatoms. The topological polar surface area (TPSA) is 68.9 Å². The fourth-order valence-corrected chi connectivity index (χ4v) is 3.56. The van der Waals surface area contributed by atoms with E-state index in [1.54, 1.807) is 0 Å². The molecule has 0 amide bonds. The standard InChI is InChI=1S/C26H23F3N4O2/c1-17-6-10-19(11-7-17)15-32-23(30-22-5-3-4-21(14-22)26(27,28)29)31-24(34)33(25(32)35)16-20-12-8-18(2)9-13-20/h3-14H,15-16H2,1-2H3,(H,30,31,34). The first-order chi connectivity index (χ1) is 16.6. The fraction of sp³-hybridized carbons (Fsp3) is 0.192. The summed E-state index contributed by atoms with van der Waals surface area (Å²) in [5, 5.41) is 2.74. The summed E-state index contributed by atoms with van der Waals surface area (Å²) >= 11 is 0. The van der Waals surface area contributed by atoms with Crippen molar-refractivity contribution in [3.63, 3.8) is 0 Å². The lowest BCUT2D eigenvalue weighted by Crippen LogP contribution is -2.43. The van der Waals surface area contributed by atoms with Crippen molar-refractivity contribution < 1.29 is 13.2 Å². The maximum absolute atomic E-state index is 13.4. The Bertz CT molecular complexity index is 1450. The van der Waals surface area contributed by atoms with Crippen LogP contribution in [0.2, 0.25) is 0 Å². The average Bonchev–Trinajstić information content (AvgIpc) is 2.81. The van der Waals surface area contributed by atoms with E-state index < -0.39 is 23.1 Å². The molecule has 0 saturated heterocycles. The lowest BCUT2D eigenvalue weighted by Gasteiger charge is -2.16. The Morgan fingerprint density at radius 1 is 0.800 bits per heavy atom. The molecule has 4 rings (SSSR count). The molecule has 0 atom stereocenters. The van der Waals surface area contributed by atoms with Crippen LogP contribution in [0.15, 0.2) is 82.4 Å². The molecule has 4 aromatic rings. The maximum Gasteiger partial charge on any atom is 0.416 e. The maximum atomic E-state index is 13.4. The third-order valence-corrected chi connectivity index (χ3v) is 5.52. The Morgan fingerprint density at radius 3 is 1.89 bits per heavy atom. The van der Waals surface area contributed by atoms with Crippen molar-refractivity contribution >= 4 is 11.6 Å². The number of anilines is 2. The molecule has 1 heterocycles. The molecule has 0 bridgehead atoms. The number of alkyl halides is 3. The first-order valence-corrected chi connectivity index (χ1v) is 10.9. The van der Waals surface area contributed by atoms with Crippen LogP contribution in [-0.2, 0) is 19.3 Å². The van der Waals surface area contributed by atoms with Gasteiger partial charge in [-0.2, -0.15) is 18.2 Å². The third-order valence-electron chi connectivity index (χ3n) is 5.52. The molecule has 0 unspecified atom stereocenters. The summed E-state index contributed by atoms with van der Waals surface area (Å²) < 4.78 is 41.8. The van der Waals surface area contributed by atoms with E-state index >= 15 is 0 Å². The van der Waals surface area contributed by atoms with Gasteiger partial charge in [-0.05, 0) is 43.2 Å². The third kappa shape index (κ3) is 5.68. The Balaban J connectivity index is 1.79. The molecule has 0 aliphatic carbocycles. The van der Waals surface area contributed by atoms with Crippen LogP contribution < -0.4 is 16.7 Å². The minimum absolute atomic E-state index is 0.0166. The van der Waals surface area contributed by atoms with E-state index in [9.17, 15) is 22.8 Å². The number of hydrogen-bond acceptors (Lipinski definition) is 4. The zero-order valence-corrected chi connectivity index (χ0v) is 19.1. The van der Waals surface area contributed by atoms with Crippen molar-refractivity contribution in [2.45, 2.75) is 33.1 Å². The predicted octanol–water partition coefficient (Wildman–Crippen LogP) is 4.88. The molecule has 6 nitrogen and oxygen atoms in total. The van der Waals surface area contributed by atoms with Gasteiger partial charge in [-0.3, -0.25) is 4.57 Å². The second-order valence-electron chi connectivity index (χ2n) is 8.35. The molecule has 0 radical (unpaired) electrons. The van der Waals surface area contributed by atoms with Gasteiger partial charge < -0.3 is 5.32 Å². The van der Waals surface area contributed by atoms with Crippen LogP contribution in [0.5, 0.6) is 0 Å². The largest absolute Gasteiger partial charge is 0.416 e. The molecular formula is C26H23F3N4O2. The first kappa shape index (κ1) is 24.0. The van der Waals surface area contributed by atoms with Crippen LogP contribution in [0.4, 0.5) is 24.8 Å². The highest BCUT2D eigenvalue weighted by molar-refractivity contribution is 5.55. The number of hydrogen-bond donors (Lipinski definition) is 1. The second-order valence-corrected chi connectivity index (χ2v) is 8.35. The van der Waals surface area contributed by atoms with Gasteiger partial charge in [0.05, 0.1) is 18.7 Å². The summed E-state index contributed by atoms with van der Waals surface area (Å²) in [5.41, 5.74) is 1.36. The molecule has 1 N–H and O–H groups in total. The highest BCUT2D eigenvalue weighted by atomic mass is 19.4. The van der Waals surface area contributed by atoms with Gasteiger partial charge in [0.25, 0.3) is 0 Å². The summed E-state index contributed by atoms with van der Waals surface area (Å²) in [4.78, 5) is 30.3. The van der Waals surface area contributed by atoms with E-state index in [-0.39, 0.29) is 24.7 Å². The highest BCUT2D eigenvalue weighted by Gasteiger charge is 2.30. The normalized spacial score (nSPS) is 11.5. The minimum atomic E-state index is -4.54. The lowest BCUT2D eigenvalue weighted by molar-refractivity contribution is -0.137. The minimum Gasteiger partial charge on any atom is -0.325 e. The molecule has 35 heavy (non-hydrogen) atoms. The SMILES string of the molecule is Cc1ccc(Cn2c(Nc3cccc(C(F)(F)F)c3)nc(=O)n(Cc3ccc(C)cc3)c2=O)cc1. The van der Waals surface area contributed by atoms with Crippen LogP contribution in [-0.4, -0.2) is 14.1 Å². The molecule has 0 spiro atoms. The first-order valence-electron chi connectivity index (χ1n) is 10.9. The summed E-state index contributed by atoms with van der Waals surface area (Å²) in [6.07, 6.45) is -4.54. The van der Waals surface area contributed by atoms with Crippen LogP contribution in [0.3, 0.4) is 0 Å². The van der Waals surface area contributed by atoms with Gasteiger partial charge in [-0.25, -0.2) is 14.2 Å². The molecule has 0 aliphatic heterocycles. The zero-order valence-electron chi connectivity index (χ0n) is 19.1. The number of benzene rings is 3. The van der Waals surface area contributed by atoms with E-state index in [0.717, 1.165) is 39.0 Å². The predicted molar refractivity (Wildman–Crippen MR) is 128 cm³/mol. The van der Waals surface area contributed by atoms with Crippen LogP contribution >= 0.6 is 0 Å². The van der Waals surface area contributed by atoms with Gasteiger partial charge >= 0.3 is 17.6 Å². The van der Waals surface area contributed by atoms with E-state index in [4.69, 9.17) is 0 Å². The van der Waals surface area contributed by atoms with Gasteiger partial charge in [0.1, 0.15) is 0 Å². The second kappa shape index (κ2) is 9.61. The van der Waals surface area contributed by atoms with Gasteiger partial charge in [0.15, 0.2) is 0 Å². The number of aryl methyl sites for hydroxylation is 2. The van der Waals surface area contributed by atoms with E-state index in [1.807, 2.05) is 62.4 Å². The lowest BCUT2D eigenvalue weighted by atomic mass is 10.1. The molecular weight excluding hydrogens is 457 g/mol. The highest BCUT2D eigenvalue weighted by Crippen LogP contribution is 2.31. The smallest absolute Gasteiger partial charge is 0.325 e. The quantitative estimate of drug-likeness (QED) is 0.427. The van der Waals surface area contributed by atoms with Gasteiger partial charge in [0, 0.05) is 5.69 Å². The number of aromatic nitrogens is 3. The van der Waals surface area contributed by atoms with Crippen molar-refractivity contribution in [1.82, 2.24) is 14.1 Å². The number of rotatable bonds is 6. The van der Waals surface area contributed by atoms with Gasteiger partial charge in [0.2, 0.25) is 5.95 Å². The Labute approximate surface area is 199 Å². The molecule has 3 aromatic carbocycles. The van der Waals surface area contributed by atoms with Gasteiger partial charge in [-0.1, -0.05) is 65.7 Å². The summed E-state index contributed by atoms with van der Waals surface area (Å²) in [6, 6.07) is 19.3. The van der Waals surface area contributed by atoms with Crippen molar-refractivity contribution in [2.75, 3.05) is 5.32 Å². The number of halogens is 3. The zero-order chi connectivity index (χ0) is 25.2. The van der Waals surface area contributed by atoms with E-state index in [1.165, 1.54) is 16.7 Å². The molecule has 1 aromatic heterocycles. The van der Waals surface area contributed by atoms with Gasteiger partial charge in [-0.15, -0.1) is 0 Å². The Kier molecular flexibility index (Phi) is 6.59. The van der Waals surface area contributed by atoms with Crippen LogP contribution in [0.25, 0.3) is 0 Å². The number of nitrogens with zero attached hydrogens (tertiary/aromatic N) is 3. The summed E-state index contributed by atoms with van der Waals surface area (Å²) in [5.74, 6) is -0.139. The monoisotopic (exact) mass is 480 g/mol. The molecule has 180 valence electrons. The van der Waals surface area contributed by atoms with Crippen molar-refractivity contribution in [1.29, 1.82) is 0 Å². The molecule has 0 saturated carbocycles. The van der Waals surface area contributed by atoms with Crippen LogP contribution in [0.1, 0.15) is 27.8 Å². The Morgan fingerprint density at radius 2 is 1.34 bits per heavy atom. The van der Waals surface area contributed by atoms with Crippen molar-refractivity contribution in [3.8, 4) is 0 Å². The van der Waals surface area contributed by atoms with E-state index in [2.05, 4.69) is 10.3 Å². The summed E-state index contributed by atoms with van der Waals surface area (Å²) in [6.45, 7) is 3.95. The summed E-state index contributed by atoms with van der Waals surface area (Å²) in [7, 11) is 0. The molecule has 0 fully saturated rings. The average molecular weight is 480 g/mol. The Hall–Kier alpha value is -4.14. The fourth-order valence-electron chi connectivity index (χ4n) is 3.56.